The second-order valence-electron chi connectivity index (χ2n) is 4.75. The van der Waals surface area contributed by atoms with E-state index >= 15 is 0 Å². The third-order valence-electron chi connectivity index (χ3n) is 3.74. The molecule has 1 unspecified atom stereocenters. The summed E-state index contributed by atoms with van der Waals surface area (Å²) in [6.07, 6.45) is 8.31. The molecule has 1 aliphatic rings. The fraction of sp³-hybridized carbons (Fsp3) is 1.00. The van der Waals surface area contributed by atoms with E-state index in [1.165, 1.54) is 38.5 Å². The summed E-state index contributed by atoms with van der Waals surface area (Å²) in [7, 11) is -1.42. The van der Waals surface area contributed by atoms with Crippen molar-refractivity contribution in [2.75, 3.05) is 13.2 Å². The highest BCUT2D eigenvalue weighted by Crippen LogP contribution is 2.37. The average Bonchev–Trinajstić information content (AvgIpc) is 2.32. The van der Waals surface area contributed by atoms with Crippen molar-refractivity contribution in [3.8, 4) is 0 Å². The van der Waals surface area contributed by atoms with Crippen molar-refractivity contribution in [2.24, 2.45) is 5.92 Å². The molecule has 0 radical (unpaired) electrons. The lowest BCUT2D eigenvalue weighted by Gasteiger charge is -2.33. The molecule has 16 heavy (non-hydrogen) atoms. The van der Waals surface area contributed by atoms with Gasteiger partial charge in [0, 0.05) is 18.8 Å². The molecule has 1 atom stereocenters. The first-order chi connectivity index (χ1) is 7.83. The molecule has 1 saturated carbocycles. The second kappa shape index (κ2) is 8.26. The predicted molar refractivity (Wildman–Crippen MR) is 71.0 cm³/mol. The Morgan fingerprint density at radius 1 is 1.00 bits per heavy atom. The zero-order valence-corrected chi connectivity index (χ0v) is 12.4. The van der Waals surface area contributed by atoms with Crippen molar-refractivity contribution < 1.29 is 8.85 Å². The molecule has 0 amide bonds. The largest absolute Gasteiger partial charge is 0.397 e. The van der Waals surface area contributed by atoms with Gasteiger partial charge >= 0.3 is 9.28 Å². The van der Waals surface area contributed by atoms with E-state index in [9.17, 15) is 0 Å². The molecule has 2 nitrogen and oxygen atoms in total. The van der Waals surface area contributed by atoms with Gasteiger partial charge in [-0.15, -0.1) is 0 Å². The van der Waals surface area contributed by atoms with Crippen LogP contribution in [0.5, 0.6) is 0 Å². The van der Waals surface area contributed by atoms with Crippen molar-refractivity contribution in [3.05, 3.63) is 0 Å². The lowest BCUT2D eigenvalue weighted by atomic mass is 9.86. The second-order valence-corrected chi connectivity index (χ2v) is 7.01. The first-order valence-electron chi connectivity index (χ1n) is 7.06. The van der Waals surface area contributed by atoms with E-state index < -0.39 is 9.28 Å². The maximum Gasteiger partial charge on any atom is 0.324 e. The van der Waals surface area contributed by atoms with Crippen LogP contribution in [-0.4, -0.2) is 22.5 Å². The van der Waals surface area contributed by atoms with E-state index in [1.54, 1.807) is 0 Å². The molecule has 0 N–H and O–H groups in total. The van der Waals surface area contributed by atoms with Gasteiger partial charge in [-0.1, -0.05) is 45.4 Å². The van der Waals surface area contributed by atoms with Crippen LogP contribution in [0.1, 0.15) is 59.3 Å². The number of hydrogen-bond acceptors (Lipinski definition) is 2. The third kappa shape index (κ3) is 4.19. The Morgan fingerprint density at radius 3 is 2.00 bits per heavy atom. The summed E-state index contributed by atoms with van der Waals surface area (Å²) in [6.45, 7) is 8.12. The Hall–Kier alpha value is 0.137. The molecule has 0 heterocycles. The molecule has 0 saturated heterocycles. The topological polar surface area (TPSA) is 18.5 Å². The van der Waals surface area contributed by atoms with Crippen LogP contribution in [-0.2, 0) is 8.85 Å². The highest BCUT2D eigenvalue weighted by Gasteiger charge is 2.32. The summed E-state index contributed by atoms with van der Waals surface area (Å²) in [5, 5.41) is 0. The van der Waals surface area contributed by atoms with Gasteiger partial charge < -0.3 is 8.85 Å². The van der Waals surface area contributed by atoms with Crippen molar-refractivity contribution in [1.29, 1.82) is 0 Å². The van der Waals surface area contributed by atoms with Crippen LogP contribution in [0.15, 0.2) is 0 Å². The Labute approximate surface area is 103 Å². The third-order valence-corrected chi connectivity index (χ3v) is 6.78. The zero-order valence-electron chi connectivity index (χ0n) is 11.2. The van der Waals surface area contributed by atoms with Gasteiger partial charge in [0.15, 0.2) is 0 Å². The number of rotatable bonds is 7. The highest BCUT2D eigenvalue weighted by atomic mass is 28.3. The maximum atomic E-state index is 5.91. The minimum atomic E-state index is -1.42. The van der Waals surface area contributed by atoms with Gasteiger partial charge in [-0.05, 0) is 19.8 Å². The maximum absolute atomic E-state index is 5.91. The van der Waals surface area contributed by atoms with Crippen LogP contribution in [0.2, 0.25) is 5.54 Å². The number of hydrogen-bond donors (Lipinski definition) is 0. The SMILES string of the molecule is CCO[SiH](OCC)C(CC)C1CCCCC1. The molecule has 0 spiro atoms. The highest BCUT2D eigenvalue weighted by molar-refractivity contribution is 6.46. The normalized spacial score (nSPS) is 20.2. The Bertz CT molecular complexity index is 163. The lowest BCUT2D eigenvalue weighted by Crippen LogP contribution is -2.34. The average molecular weight is 244 g/mol. The standard InChI is InChI=1S/C13H28O2Si/c1-4-13(12-10-8-7-9-11-12)16(14-5-2)15-6-3/h12-13,16H,4-11H2,1-3H3. The quantitative estimate of drug-likeness (QED) is 0.637. The summed E-state index contributed by atoms with van der Waals surface area (Å²) < 4.78 is 11.8. The first-order valence-corrected chi connectivity index (χ1v) is 8.67. The smallest absolute Gasteiger partial charge is 0.324 e. The van der Waals surface area contributed by atoms with Crippen LogP contribution in [0, 0.1) is 5.92 Å². The molecular formula is C13H28O2Si. The molecule has 1 rings (SSSR count). The van der Waals surface area contributed by atoms with Gasteiger partial charge in [0.1, 0.15) is 0 Å². The Balaban J connectivity index is 2.52. The monoisotopic (exact) mass is 244 g/mol. The van der Waals surface area contributed by atoms with E-state index in [2.05, 4.69) is 20.8 Å². The molecule has 0 aromatic rings. The minimum Gasteiger partial charge on any atom is -0.397 e. The summed E-state index contributed by atoms with van der Waals surface area (Å²) >= 11 is 0. The van der Waals surface area contributed by atoms with E-state index in [-0.39, 0.29) is 0 Å². The fourth-order valence-electron chi connectivity index (χ4n) is 2.93. The van der Waals surface area contributed by atoms with Crippen LogP contribution >= 0.6 is 0 Å². The van der Waals surface area contributed by atoms with E-state index in [4.69, 9.17) is 8.85 Å². The van der Waals surface area contributed by atoms with Gasteiger partial charge in [-0.3, -0.25) is 0 Å². The van der Waals surface area contributed by atoms with Crippen molar-refractivity contribution in [1.82, 2.24) is 0 Å². The van der Waals surface area contributed by atoms with Gasteiger partial charge in [-0.25, -0.2) is 0 Å². The Morgan fingerprint density at radius 2 is 1.56 bits per heavy atom. The minimum absolute atomic E-state index is 0.736. The molecule has 3 heteroatoms. The summed E-state index contributed by atoms with van der Waals surface area (Å²) in [6, 6.07) is 0. The molecule has 0 aromatic heterocycles. The summed E-state index contributed by atoms with van der Waals surface area (Å²) in [4.78, 5) is 0. The summed E-state index contributed by atoms with van der Waals surface area (Å²) in [5.74, 6) is 0.883. The van der Waals surface area contributed by atoms with Crippen molar-refractivity contribution in [2.45, 2.75) is 64.8 Å². The van der Waals surface area contributed by atoms with E-state index in [0.29, 0.717) is 0 Å². The van der Waals surface area contributed by atoms with Crippen LogP contribution in [0.3, 0.4) is 0 Å². The molecule has 1 aliphatic carbocycles. The Kier molecular flexibility index (Phi) is 7.33. The zero-order chi connectivity index (χ0) is 11.8. The van der Waals surface area contributed by atoms with Crippen LogP contribution < -0.4 is 0 Å². The van der Waals surface area contributed by atoms with Crippen LogP contribution in [0.25, 0.3) is 0 Å². The fourth-order valence-corrected chi connectivity index (χ4v) is 5.40. The van der Waals surface area contributed by atoms with E-state index in [0.717, 1.165) is 24.7 Å². The molecule has 1 fully saturated rings. The van der Waals surface area contributed by atoms with Crippen molar-refractivity contribution in [3.63, 3.8) is 0 Å². The van der Waals surface area contributed by atoms with E-state index in [1.807, 2.05) is 0 Å². The van der Waals surface area contributed by atoms with Crippen LogP contribution in [0.4, 0.5) is 0 Å². The van der Waals surface area contributed by atoms with Gasteiger partial charge in [0.2, 0.25) is 0 Å². The predicted octanol–water partition coefficient (Wildman–Crippen LogP) is 3.64. The molecule has 0 aliphatic heterocycles. The molecule has 0 bridgehead atoms. The van der Waals surface area contributed by atoms with Gasteiger partial charge in [0.05, 0.1) is 0 Å². The van der Waals surface area contributed by atoms with Gasteiger partial charge in [0.25, 0.3) is 0 Å². The lowest BCUT2D eigenvalue weighted by molar-refractivity contribution is 0.183. The molecular weight excluding hydrogens is 216 g/mol. The molecule has 96 valence electrons. The van der Waals surface area contributed by atoms with Gasteiger partial charge in [-0.2, -0.15) is 0 Å². The summed E-state index contributed by atoms with van der Waals surface area (Å²) in [5.41, 5.74) is 0.736. The first kappa shape index (κ1) is 14.2. The van der Waals surface area contributed by atoms with Crippen molar-refractivity contribution >= 4 is 9.28 Å². The molecule has 0 aromatic carbocycles.